The Labute approximate surface area is 212 Å². The van der Waals surface area contributed by atoms with E-state index in [-0.39, 0.29) is 18.3 Å². The van der Waals surface area contributed by atoms with Gasteiger partial charge in [-0.05, 0) is 42.2 Å². The third-order valence-electron chi connectivity index (χ3n) is 5.50. The first-order valence-corrected chi connectivity index (χ1v) is 13.3. The summed E-state index contributed by atoms with van der Waals surface area (Å²) in [5.74, 6) is -2.10. The quantitative estimate of drug-likeness (QED) is 0.241. The molecule has 0 aliphatic carbocycles. The molecule has 0 aromatic heterocycles. The Balaban J connectivity index is 2.98. The fraction of sp³-hybridized carbons (Fsp3) is 0.600. The van der Waals surface area contributed by atoms with E-state index in [9.17, 15) is 24.3 Å². The van der Waals surface area contributed by atoms with Crippen LogP contribution in [0, 0.1) is 11.8 Å². The maximum Gasteiger partial charge on any atom is 0.326 e. The van der Waals surface area contributed by atoms with Crippen molar-refractivity contribution in [1.29, 1.82) is 0 Å². The van der Waals surface area contributed by atoms with E-state index >= 15 is 0 Å². The normalized spacial score (nSPS) is 14.6. The number of carboxylic acid groups (broad SMARTS) is 1. The number of benzene rings is 1. The predicted molar refractivity (Wildman–Crippen MR) is 139 cm³/mol. The summed E-state index contributed by atoms with van der Waals surface area (Å²) in [6.07, 6.45) is 2.68. The molecule has 6 N–H and O–H groups in total. The van der Waals surface area contributed by atoms with E-state index in [1.807, 2.05) is 40.0 Å². The molecule has 0 spiro atoms. The van der Waals surface area contributed by atoms with Crippen LogP contribution >= 0.6 is 11.8 Å². The first kappa shape index (κ1) is 30.4. The number of rotatable bonds is 15. The molecule has 196 valence electrons. The van der Waals surface area contributed by atoms with Gasteiger partial charge in [0.25, 0.3) is 0 Å². The van der Waals surface area contributed by atoms with E-state index in [0.717, 1.165) is 5.56 Å². The Morgan fingerprint density at radius 2 is 1.43 bits per heavy atom. The van der Waals surface area contributed by atoms with Crippen molar-refractivity contribution in [1.82, 2.24) is 16.0 Å². The molecule has 4 unspecified atom stereocenters. The van der Waals surface area contributed by atoms with Gasteiger partial charge >= 0.3 is 5.97 Å². The minimum Gasteiger partial charge on any atom is -0.480 e. The number of aliphatic carboxylic acids is 1. The average molecular weight is 509 g/mol. The average Bonchev–Trinajstić information content (AvgIpc) is 2.80. The second-order valence-corrected chi connectivity index (χ2v) is 10.4. The van der Waals surface area contributed by atoms with Gasteiger partial charge in [-0.15, -0.1) is 0 Å². The van der Waals surface area contributed by atoms with Crippen LogP contribution in [0.15, 0.2) is 30.3 Å². The van der Waals surface area contributed by atoms with Crippen LogP contribution in [-0.2, 0) is 25.6 Å². The van der Waals surface area contributed by atoms with E-state index in [2.05, 4.69) is 16.0 Å². The number of carbonyl (C=O) groups excluding carboxylic acids is 3. The smallest absolute Gasteiger partial charge is 0.326 e. The second kappa shape index (κ2) is 15.4. The molecule has 1 aromatic carbocycles. The third kappa shape index (κ3) is 11.1. The summed E-state index contributed by atoms with van der Waals surface area (Å²) in [4.78, 5) is 50.5. The summed E-state index contributed by atoms with van der Waals surface area (Å²) in [7, 11) is 0. The third-order valence-corrected chi connectivity index (χ3v) is 6.15. The van der Waals surface area contributed by atoms with Crippen LogP contribution in [0.5, 0.6) is 0 Å². The lowest BCUT2D eigenvalue weighted by atomic mass is 10.0. The molecular formula is C25H40N4O5S. The SMILES string of the molecule is CSCCC(NC(=O)C(N)C(C)C)C(=O)NC(CC(C)C)C(=O)NC(Cc1ccccc1)C(=O)O. The van der Waals surface area contributed by atoms with Gasteiger partial charge in [0.15, 0.2) is 0 Å². The summed E-state index contributed by atoms with van der Waals surface area (Å²) >= 11 is 1.53. The number of hydrogen-bond donors (Lipinski definition) is 5. The molecule has 4 atom stereocenters. The van der Waals surface area contributed by atoms with Crippen LogP contribution in [0.1, 0.15) is 46.1 Å². The minimum atomic E-state index is -1.16. The van der Waals surface area contributed by atoms with Gasteiger partial charge in [0.2, 0.25) is 17.7 Å². The molecule has 0 radical (unpaired) electrons. The van der Waals surface area contributed by atoms with E-state index in [1.165, 1.54) is 11.8 Å². The lowest BCUT2D eigenvalue weighted by molar-refractivity contribution is -0.142. The standard InChI is InChI=1S/C25H40N4O5S/c1-15(2)13-19(23(31)29-20(25(33)34)14-17-9-7-6-8-10-17)28-22(30)18(11-12-35-5)27-24(32)21(26)16(3)4/h6-10,15-16,18-21H,11-14,26H2,1-5H3,(H,27,32)(H,28,30)(H,29,31)(H,33,34). The zero-order valence-electron chi connectivity index (χ0n) is 21.2. The number of thioether (sulfide) groups is 1. The van der Waals surface area contributed by atoms with Crippen LogP contribution in [0.4, 0.5) is 0 Å². The van der Waals surface area contributed by atoms with Gasteiger partial charge < -0.3 is 26.8 Å². The lowest BCUT2D eigenvalue weighted by Gasteiger charge is -2.26. The minimum absolute atomic E-state index is 0.0528. The van der Waals surface area contributed by atoms with Gasteiger partial charge in [-0.1, -0.05) is 58.0 Å². The second-order valence-electron chi connectivity index (χ2n) is 9.39. The highest BCUT2D eigenvalue weighted by molar-refractivity contribution is 7.98. The van der Waals surface area contributed by atoms with Crippen LogP contribution in [-0.4, -0.2) is 65.0 Å². The fourth-order valence-corrected chi connectivity index (χ4v) is 3.84. The van der Waals surface area contributed by atoms with Crippen molar-refractivity contribution in [3.63, 3.8) is 0 Å². The van der Waals surface area contributed by atoms with Crippen LogP contribution in [0.25, 0.3) is 0 Å². The molecule has 0 saturated carbocycles. The van der Waals surface area contributed by atoms with Crippen molar-refractivity contribution in [3.05, 3.63) is 35.9 Å². The van der Waals surface area contributed by atoms with Crippen molar-refractivity contribution in [2.24, 2.45) is 17.6 Å². The van der Waals surface area contributed by atoms with Gasteiger partial charge in [-0.2, -0.15) is 11.8 Å². The maximum absolute atomic E-state index is 13.1. The first-order chi connectivity index (χ1) is 16.5. The maximum atomic E-state index is 13.1. The zero-order chi connectivity index (χ0) is 26.5. The van der Waals surface area contributed by atoms with Gasteiger partial charge in [-0.3, -0.25) is 14.4 Å². The molecule has 9 nitrogen and oxygen atoms in total. The molecule has 35 heavy (non-hydrogen) atoms. The molecule has 1 aromatic rings. The number of nitrogens with two attached hydrogens (primary N) is 1. The number of nitrogens with one attached hydrogen (secondary N) is 3. The monoisotopic (exact) mass is 508 g/mol. The molecular weight excluding hydrogens is 468 g/mol. The molecule has 3 amide bonds. The number of amides is 3. The molecule has 1 rings (SSSR count). The summed E-state index contributed by atoms with van der Waals surface area (Å²) in [6, 6.07) is 5.28. The van der Waals surface area contributed by atoms with Gasteiger partial charge in [0.1, 0.15) is 18.1 Å². The predicted octanol–water partition coefficient (Wildman–Crippen LogP) is 1.55. The molecule has 10 heteroatoms. The molecule has 0 heterocycles. The van der Waals surface area contributed by atoms with Crippen LogP contribution in [0.3, 0.4) is 0 Å². The number of carbonyl (C=O) groups is 4. The van der Waals surface area contributed by atoms with Gasteiger partial charge in [0.05, 0.1) is 6.04 Å². The summed E-state index contributed by atoms with van der Waals surface area (Å²) in [5.41, 5.74) is 6.70. The topological polar surface area (TPSA) is 151 Å². The summed E-state index contributed by atoms with van der Waals surface area (Å²) in [6.45, 7) is 7.44. The van der Waals surface area contributed by atoms with E-state index in [4.69, 9.17) is 5.73 Å². The van der Waals surface area contributed by atoms with Crippen molar-refractivity contribution < 1.29 is 24.3 Å². The fourth-order valence-electron chi connectivity index (χ4n) is 3.37. The number of hydrogen-bond acceptors (Lipinski definition) is 6. The Bertz CT molecular complexity index is 834. The summed E-state index contributed by atoms with van der Waals surface area (Å²) in [5, 5.41) is 17.7. The van der Waals surface area contributed by atoms with E-state index < -0.39 is 47.9 Å². The largest absolute Gasteiger partial charge is 0.480 e. The van der Waals surface area contributed by atoms with E-state index in [0.29, 0.717) is 18.6 Å². The highest BCUT2D eigenvalue weighted by Gasteiger charge is 2.31. The highest BCUT2D eigenvalue weighted by atomic mass is 32.2. The molecule has 0 bridgehead atoms. The summed E-state index contributed by atoms with van der Waals surface area (Å²) < 4.78 is 0. The van der Waals surface area contributed by atoms with Gasteiger partial charge in [-0.25, -0.2) is 4.79 Å². The number of carboxylic acids is 1. The molecule has 0 aliphatic heterocycles. The Morgan fingerprint density at radius 1 is 0.886 bits per heavy atom. The van der Waals surface area contributed by atoms with Gasteiger partial charge in [0, 0.05) is 6.42 Å². The highest BCUT2D eigenvalue weighted by Crippen LogP contribution is 2.10. The van der Waals surface area contributed by atoms with Crippen LogP contribution < -0.4 is 21.7 Å². The van der Waals surface area contributed by atoms with Crippen LogP contribution in [0.2, 0.25) is 0 Å². The lowest BCUT2D eigenvalue weighted by Crippen LogP contribution is -2.58. The molecule has 0 fully saturated rings. The molecule has 0 aliphatic rings. The van der Waals surface area contributed by atoms with Crippen molar-refractivity contribution in [3.8, 4) is 0 Å². The van der Waals surface area contributed by atoms with E-state index in [1.54, 1.807) is 24.3 Å². The Hall–Kier alpha value is -2.59. The van der Waals surface area contributed by atoms with Crippen molar-refractivity contribution in [2.45, 2.75) is 71.1 Å². The Morgan fingerprint density at radius 3 is 1.94 bits per heavy atom. The Kier molecular flexibility index (Phi) is 13.4. The molecule has 0 saturated heterocycles. The van der Waals surface area contributed by atoms with Crippen molar-refractivity contribution in [2.75, 3.05) is 12.0 Å². The first-order valence-electron chi connectivity index (χ1n) is 11.9. The van der Waals surface area contributed by atoms with Crippen molar-refractivity contribution >= 4 is 35.5 Å². The zero-order valence-corrected chi connectivity index (χ0v) is 22.1.